The lowest BCUT2D eigenvalue weighted by molar-refractivity contribution is -0.122. The Morgan fingerprint density at radius 2 is 1.50 bits per heavy atom. The van der Waals surface area contributed by atoms with Crippen molar-refractivity contribution in [3.05, 3.63) is 12.2 Å². The zero-order valence-electron chi connectivity index (χ0n) is 9.54. The Kier molecular flexibility index (Phi) is 20.2. The van der Waals surface area contributed by atoms with Crippen LogP contribution in [0.15, 0.2) is 12.2 Å². The second-order valence-electron chi connectivity index (χ2n) is 3.21. The highest BCUT2D eigenvalue weighted by Crippen LogP contribution is 2.03. The van der Waals surface area contributed by atoms with Crippen LogP contribution < -0.4 is 0 Å². The summed E-state index contributed by atoms with van der Waals surface area (Å²) in [5, 5.41) is 6.89. The number of hydrogen-bond donors (Lipinski definition) is 1. The van der Waals surface area contributed by atoms with Gasteiger partial charge in [0.25, 0.3) is 6.47 Å². The first-order chi connectivity index (χ1) is 6.83. The van der Waals surface area contributed by atoms with Crippen molar-refractivity contribution in [3.63, 3.8) is 0 Å². The molecule has 0 aliphatic carbocycles. The molecule has 0 aliphatic rings. The Bertz CT molecular complexity index is 119. The van der Waals surface area contributed by atoms with Gasteiger partial charge in [0, 0.05) is 0 Å². The van der Waals surface area contributed by atoms with Crippen LogP contribution in [0.4, 0.5) is 0 Å². The maximum atomic E-state index is 8.36. The minimum absolute atomic E-state index is 0.250. The maximum Gasteiger partial charge on any atom is 0.290 e. The van der Waals surface area contributed by atoms with Crippen LogP contribution in [-0.2, 0) is 4.79 Å². The third-order valence-corrected chi connectivity index (χ3v) is 1.85. The molecule has 0 aliphatic heterocycles. The van der Waals surface area contributed by atoms with Crippen LogP contribution >= 0.6 is 0 Å². The number of allylic oxidation sites excluding steroid dienone is 2. The van der Waals surface area contributed by atoms with Crippen molar-refractivity contribution < 1.29 is 9.90 Å². The summed E-state index contributed by atoms with van der Waals surface area (Å²) in [5.74, 6) is 0. The molecule has 0 saturated carbocycles. The van der Waals surface area contributed by atoms with Gasteiger partial charge in [0.2, 0.25) is 0 Å². The molecule has 2 heteroatoms. The summed E-state index contributed by atoms with van der Waals surface area (Å²) in [6.07, 6.45) is 14.0. The second-order valence-corrected chi connectivity index (χ2v) is 3.21. The van der Waals surface area contributed by atoms with Crippen molar-refractivity contribution in [1.82, 2.24) is 0 Å². The Balaban J connectivity index is 0. The van der Waals surface area contributed by atoms with Gasteiger partial charge in [-0.1, -0.05) is 51.7 Å². The van der Waals surface area contributed by atoms with Gasteiger partial charge in [-0.3, -0.25) is 4.79 Å². The largest absolute Gasteiger partial charge is 0.483 e. The fourth-order valence-corrected chi connectivity index (χ4v) is 1.09. The van der Waals surface area contributed by atoms with E-state index in [9.17, 15) is 0 Å². The molecule has 2 nitrogen and oxygen atoms in total. The Morgan fingerprint density at radius 1 is 0.929 bits per heavy atom. The average molecular weight is 200 g/mol. The molecule has 0 aromatic carbocycles. The highest BCUT2D eigenvalue weighted by atomic mass is 16.3. The van der Waals surface area contributed by atoms with E-state index in [-0.39, 0.29) is 6.47 Å². The van der Waals surface area contributed by atoms with Crippen LogP contribution in [0, 0.1) is 0 Å². The van der Waals surface area contributed by atoms with Crippen molar-refractivity contribution in [2.24, 2.45) is 0 Å². The topological polar surface area (TPSA) is 37.3 Å². The normalized spacial score (nSPS) is 9.57. The minimum atomic E-state index is -0.250. The number of unbranched alkanes of at least 4 members (excludes halogenated alkanes) is 5. The molecule has 0 unspecified atom stereocenters. The quantitative estimate of drug-likeness (QED) is 0.383. The fraction of sp³-hybridized carbons (Fsp3) is 0.750. The van der Waals surface area contributed by atoms with E-state index < -0.39 is 0 Å². The van der Waals surface area contributed by atoms with E-state index in [0.717, 1.165) is 0 Å². The van der Waals surface area contributed by atoms with E-state index in [0.29, 0.717) is 0 Å². The standard InChI is InChI=1S/C11H22.CH2O2/c1-3-5-7-9-11-10-8-6-4-2;2-1-3/h7,9H,3-6,8,10-11H2,1-2H3;1H,(H,2,3). The molecule has 0 bridgehead atoms. The summed E-state index contributed by atoms with van der Waals surface area (Å²) in [5.41, 5.74) is 0. The first-order valence-corrected chi connectivity index (χ1v) is 5.56. The van der Waals surface area contributed by atoms with Crippen LogP contribution in [0.2, 0.25) is 0 Å². The molecule has 0 rings (SSSR count). The van der Waals surface area contributed by atoms with E-state index in [1.165, 1.54) is 44.9 Å². The van der Waals surface area contributed by atoms with E-state index >= 15 is 0 Å². The van der Waals surface area contributed by atoms with Crippen LogP contribution in [0.25, 0.3) is 0 Å². The van der Waals surface area contributed by atoms with Gasteiger partial charge < -0.3 is 5.11 Å². The molecule has 84 valence electrons. The van der Waals surface area contributed by atoms with Crippen molar-refractivity contribution >= 4 is 6.47 Å². The number of carbonyl (C=O) groups is 1. The zero-order valence-corrected chi connectivity index (χ0v) is 9.54. The minimum Gasteiger partial charge on any atom is -0.483 e. The summed E-state index contributed by atoms with van der Waals surface area (Å²) >= 11 is 0. The molecule has 14 heavy (non-hydrogen) atoms. The van der Waals surface area contributed by atoms with Crippen LogP contribution in [0.3, 0.4) is 0 Å². The monoisotopic (exact) mass is 200 g/mol. The van der Waals surface area contributed by atoms with Crippen molar-refractivity contribution in [1.29, 1.82) is 0 Å². The fourth-order valence-electron chi connectivity index (χ4n) is 1.09. The molecule has 1 N–H and O–H groups in total. The summed E-state index contributed by atoms with van der Waals surface area (Å²) in [4.78, 5) is 8.36. The smallest absolute Gasteiger partial charge is 0.290 e. The van der Waals surface area contributed by atoms with Crippen molar-refractivity contribution in [2.75, 3.05) is 0 Å². The van der Waals surface area contributed by atoms with Gasteiger partial charge in [-0.2, -0.15) is 0 Å². The van der Waals surface area contributed by atoms with Gasteiger partial charge in [0.1, 0.15) is 0 Å². The number of hydrogen-bond acceptors (Lipinski definition) is 1. The average Bonchev–Trinajstić information content (AvgIpc) is 2.18. The predicted octanol–water partition coefficient (Wildman–Crippen LogP) is 4.01. The SMILES string of the molecule is CCCC=CCCCCCC.O=CO. The van der Waals surface area contributed by atoms with E-state index in [1.807, 2.05) is 0 Å². The summed E-state index contributed by atoms with van der Waals surface area (Å²) in [6.45, 7) is 4.23. The molecule has 0 amide bonds. The lowest BCUT2D eigenvalue weighted by Crippen LogP contribution is -1.73. The van der Waals surface area contributed by atoms with Gasteiger partial charge in [-0.05, 0) is 19.3 Å². The molecule has 0 atom stereocenters. The molecule has 0 heterocycles. The molecular formula is C12H24O2. The lowest BCUT2D eigenvalue weighted by atomic mass is 10.1. The Morgan fingerprint density at radius 3 is 2.00 bits per heavy atom. The third-order valence-electron chi connectivity index (χ3n) is 1.85. The van der Waals surface area contributed by atoms with E-state index in [2.05, 4.69) is 26.0 Å². The van der Waals surface area contributed by atoms with Gasteiger partial charge >= 0.3 is 0 Å². The number of rotatable bonds is 7. The molecule has 0 fully saturated rings. The summed E-state index contributed by atoms with van der Waals surface area (Å²) in [6, 6.07) is 0. The van der Waals surface area contributed by atoms with Crippen LogP contribution in [0.1, 0.15) is 58.8 Å². The molecule has 0 spiro atoms. The highest BCUT2D eigenvalue weighted by Gasteiger charge is 1.83. The van der Waals surface area contributed by atoms with Crippen LogP contribution in [-0.4, -0.2) is 11.6 Å². The summed E-state index contributed by atoms with van der Waals surface area (Å²) < 4.78 is 0. The predicted molar refractivity (Wildman–Crippen MR) is 61.5 cm³/mol. The highest BCUT2D eigenvalue weighted by molar-refractivity contribution is 5.32. The lowest BCUT2D eigenvalue weighted by Gasteiger charge is -1.93. The van der Waals surface area contributed by atoms with Crippen LogP contribution in [0.5, 0.6) is 0 Å². The maximum absolute atomic E-state index is 8.36. The molecule has 0 radical (unpaired) electrons. The van der Waals surface area contributed by atoms with Crippen molar-refractivity contribution in [3.8, 4) is 0 Å². The van der Waals surface area contributed by atoms with Gasteiger partial charge in [-0.25, -0.2) is 0 Å². The van der Waals surface area contributed by atoms with Gasteiger partial charge in [0.15, 0.2) is 0 Å². The van der Waals surface area contributed by atoms with Gasteiger partial charge in [0.05, 0.1) is 0 Å². The zero-order chi connectivity index (χ0) is 11.1. The van der Waals surface area contributed by atoms with Gasteiger partial charge in [-0.15, -0.1) is 0 Å². The van der Waals surface area contributed by atoms with E-state index in [1.54, 1.807) is 0 Å². The number of carboxylic acid groups (broad SMARTS) is 1. The second kappa shape index (κ2) is 18.1. The Labute approximate surface area is 88.0 Å². The molecule has 0 aromatic heterocycles. The first kappa shape index (κ1) is 15.7. The molecular weight excluding hydrogens is 176 g/mol. The molecule has 0 saturated heterocycles. The van der Waals surface area contributed by atoms with Crippen molar-refractivity contribution in [2.45, 2.75) is 58.8 Å². The first-order valence-electron chi connectivity index (χ1n) is 5.56. The molecule has 0 aromatic rings. The van der Waals surface area contributed by atoms with E-state index in [4.69, 9.17) is 9.90 Å². The summed E-state index contributed by atoms with van der Waals surface area (Å²) in [7, 11) is 0. The third kappa shape index (κ3) is 22.5. The Hall–Kier alpha value is -0.790.